The number of nitrogens with one attached hydrogen (secondary N) is 2. The average molecular weight is 390 g/mol. The van der Waals surface area contributed by atoms with Crippen molar-refractivity contribution in [1.29, 1.82) is 0 Å². The molecule has 28 heavy (non-hydrogen) atoms. The number of hydrogen-bond donors (Lipinski definition) is 2. The Morgan fingerprint density at radius 1 is 1.07 bits per heavy atom. The highest BCUT2D eigenvalue weighted by molar-refractivity contribution is 5.87. The molecule has 5 rings (SSSR count). The second kappa shape index (κ2) is 6.09. The molecule has 0 spiro atoms. The fourth-order valence-corrected chi connectivity index (χ4v) is 3.37. The van der Waals surface area contributed by atoms with Crippen molar-refractivity contribution >= 4 is 22.5 Å². The van der Waals surface area contributed by atoms with Gasteiger partial charge in [0.15, 0.2) is 5.82 Å². The summed E-state index contributed by atoms with van der Waals surface area (Å²) in [6.07, 6.45) is -3.15. The van der Waals surface area contributed by atoms with E-state index < -0.39 is 11.7 Å². The lowest BCUT2D eigenvalue weighted by molar-refractivity contribution is -0.137. The molecule has 0 radical (unpaired) electrons. The van der Waals surface area contributed by atoms with Gasteiger partial charge in [-0.1, -0.05) is 0 Å². The molecule has 10 nitrogen and oxygen atoms in total. The predicted molar refractivity (Wildman–Crippen MR) is 91.5 cm³/mol. The van der Waals surface area contributed by atoms with Crippen LogP contribution in [0.25, 0.3) is 28.1 Å². The van der Waals surface area contributed by atoms with Crippen molar-refractivity contribution in [2.24, 2.45) is 0 Å². The molecule has 1 aromatic carbocycles. The summed E-state index contributed by atoms with van der Waals surface area (Å²) in [6, 6.07) is 2.35. The minimum atomic E-state index is -4.61. The Kier molecular flexibility index (Phi) is 3.65. The lowest BCUT2D eigenvalue weighted by atomic mass is 10.0. The van der Waals surface area contributed by atoms with Crippen LogP contribution in [0, 0.1) is 0 Å². The number of piperazine rings is 1. The number of hydrogen-bond acceptors (Lipinski definition) is 8. The molecule has 0 saturated carbocycles. The van der Waals surface area contributed by atoms with Gasteiger partial charge in [-0.3, -0.25) is 4.40 Å². The van der Waals surface area contributed by atoms with Gasteiger partial charge < -0.3 is 10.2 Å². The van der Waals surface area contributed by atoms with E-state index in [4.69, 9.17) is 0 Å². The van der Waals surface area contributed by atoms with Crippen LogP contribution in [-0.2, 0) is 6.18 Å². The minimum absolute atomic E-state index is 0.151. The Balaban J connectivity index is 1.80. The fourth-order valence-electron chi connectivity index (χ4n) is 3.37. The standard InChI is InChI=1S/C15H13F3N10/c16-15(17,18)9-6-10-11(5-8(9)12-22-25-26-23-12)28-7-20-24-14(28)13(21-10)27-3-1-19-2-4-27/h5-7,19H,1-4H2,(H,22,23,25,26). The molecule has 0 aliphatic carbocycles. The van der Waals surface area contributed by atoms with Crippen LogP contribution in [0.2, 0.25) is 0 Å². The van der Waals surface area contributed by atoms with Crippen molar-refractivity contribution < 1.29 is 13.2 Å². The van der Waals surface area contributed by atoms with Gasteiger partial charge in [-0.15, -0.1) is 20.4 Å². The van der Waals surface area contributed by atoms with Crippen LogP contribution in [0.1, 0.15) is 5.56 Å². The second-order valence-electron chi connectivity index (χ2n) is 6.32. The third-order valence-corrected chi connectivity index (χ3v) is 4.66. The lowest BCUT2D eigenvalue weighted by Gasteiger charge is -2.28. The molecular formula is C15H13F3N10. The molecule has 0 atom stereocenters. The Morgan fingerprint density at radius 2 is 1.89 bits per heavy atom. The first-order valence-electron chi connectivity index (χ1n) is 8.46. The number of aromatic nitrogens is 8. The molecule has 1 saturated heterocycles. The van der Waals surface area contributed by atoms with Crippen molar-refractivity contribution in [3.05, 3.63) is 24.0 Å². The summed E-state index contributed by atoms with van der Waals surface area (Å²) in [5.41, 5.74) is 0.00775. The van der Waals surface area contributed by atoms with Gasteiger partial charge in [0.1, 0.15) is 6.33 Å². The molecular weight excluding hydrogens is 377 g/mol. The summed E-state index contributed by atoms with van der Waals surface area (Å²) in [5, 5.41) is 24.2. The number of alkyl halides is 3. The van der Waals surface area contributed by atoms with Crippen LogP contribution in [0.15, 0.2) is 18.5 Å². The zero-order valence-corrected chi connectivity index (χ0v) is 14.3. The van der Waals surface area contributed by atoms with E-state index in [9.17, 15) is 13.2 Å². The average Bonchev–Trinajstić information content (AvgIpc) is 3.38. The van der Waals surface area contributed by atoms with Crippen molar-refractivity contribution in [1.82, 2.24) is 45.5 Å². The number of H-pyrrole nitrogens is 1. The van der Waals surface area contributed by atoms with Crippen molar-refractivity contribution in [2.75, 3.05) is 31.1 Å². The number of benzene rings is 1. The van der Waals surface area contributed by atoms with Gasteiger partial charge in [0.2, 0.25) is 11.5 Å². The Morgan fingerprint density at radius 3 is 2.61 bits per heavy atom. The third kappa shape index (κ3) is 2.62. The maximum Gasteiger partial charge on any atom is 0.417 e. The number of fused-ring (bicyclic) bond motifs is 3. The van der Waals surface area contributed by atoms with Crippen LogP contribution < -0.4 is 10.2 Å². The van der Waals surface area contributed by atoms with Gasteiger partial charge in [-0.2, -0.15) is 18.4 Å². The van der Waals surface area contributed by atoms with E-state index in [-0.39, 0.29) is 16.9 Å². The topological polar surface area (TPSA) is 113 Å². The maximum absolute atomic E-state index is 13.7. The summed E-state index contributed by atoms with van der Waals surface area (Å²) in [6.45, 7) is 2.86. The number of anilines is 1. The normalized spacial score (nSPS) is 15.6. The van der Waals surface area contributed by atoms with Gasteiger partial charge in [0, 0.05) is 31.7 Å². The summed E-state index contributed by atoms with van der Waals surface area (Å²) >= 11 is 0. The van der Waals surface area contributed by atoms with E-state index in [1.54, 1.807) is 4.40 Å². The molecule has 2 N–H and O–H groups in total. The van der Waals surface area contributed by atoms with E-state index in [2.05, 4.69) is 41.1 Å². The van der Waals surface area contributed by atoms with E-state index in [0.29, 0.717) is 30.1 Å². The van der Waals surface area contributed by atoms with Crippen LogP contribution >= 0.6 is 0 Å². The van der Waals surface area contributed by atoms with Crippen molar-refractivity contribution in [3.63, 3.8) is 0 Å². The first-order chi connectivity index (χ1) is 13.5. The van der Waals surface area contributed by atoms with E-state index in [1.165, 1.54) is 12.4 Å². The highest BCUT2D eigenvalue weighted by atomic mass is 19.4. The highest BCUT2D eigenvalue weighted by Crippen LogP contribution is 2.38. The minimum Gasteiger partial charge on any atom is -0.351 e. The monoisotopic (exact) mass is 390 g/mol. The molecule has 4 heterocycles. The first kappa shape index (κ1) is 16.8. The van der Waals surface area contributed by atoms with Gasteiger partial charge in [0.25, 0.3) is 0 Å². The number of tetrazole rings is 1. The first-order valence-corrected chi connectivity index (χ1v) is 8.46. The van der Waals surface area contributed by atoms with Gasteiger partial charge in [-0.25, -0.2) is 4.98 Å². The zero-order chi connectivity index (χ0) is 19.3. The van der Waals surface area contributed by atoms with Gasteiger partial charge >= 0.3 is 6.18 Å². The Hall–Kier alpha value is -3.35. The number of rotatable bonds is 2. The van der Waals surface area contributed by atoms with Gasteiger partial charge in [-0.05, 0) is 17.3 Å². The summed E-state index contributed by atoms with van der Waals surface area (Å²) in [4.78, 5) is 6.49. The molecule has 4 aromatic rings. The van der Waals surface area contributed by atoms with Crippen molar-refractivity contribution in [2.45, 2.75) is 6.18 Å². The smallest absolute Gasteiger partial charge is 0.351 e. The van der Waals surface area contributed by atoms with Crippen LogP contribution in [-0.4, -0.2) is 66.4 Å². The zero-order valence-electron chi connectivity index (χ0n) is 14.3. The molecule has 0 bridgehead atoms. The van der Waals surface area contributed by atoms with Crippen LogP contribution in [0.5, 0.6) is 0 Å². The molecule has 1 aliphatic rings. The number of aromatic amines is 1. The predicted octanol–water partition coefficient (Wildman–Crippen LogP) is 0.886. The number of halogens is 3. The van der Waals surface area contributed by atoms with Crippen LogP contribution in [0.3, 0.4) is 0 Å². The summed E-state index contributed by atoms with van der Waals surface area (Å²) in [5.74, 6) is 0.355. The lowest BCUT2D eigenvalue weighted by Crippen LogP contribution is -2.44. The van der Waals surface area contributed by atoms with E-state index in [0.717, 1.165) is 19.2 Å². The van der Waals surface area contributed by atoms with Crippen molar-refractivity contribution in [3.8, 4) is 11.4 Å². The third-order valence-electron chi connectivity index (χ3n) is 4.66. The molecule has 0 unspecified atom stereocenters. The quantitative estimate of drug-likeness (QED) is 0.519. The van der Waals surface area contributed by atoms with E-state index in [1.807, 2.05) is 4.90 Å². The SMILES string of the molecule is FC(F)(F)c1cc2nc(N3CCNCC3)c3nncn3c2cc1-c1nn[nH]n1. The Labute approximate surface area is 154 Å². The van der Waals surface area contributed by atoms with Crippen LogP contribution in [0.4, 0.5) is 19.0 Å². The summed E-state index contributed by atoms with van der Waals surface area (Å²) in [7, 11) is 0. The Bertz CT molecular complexity index is 1140. The molecule has 0 amide bonds. The molecule has 144 valence electrons. The summed E-state index contributed by atoms with van der Waals surface area (Å²) < 4.78 is 42.8. The second-order valence-corrected chi connectivity index (χ2v) is 6.32. The molecule has 3 aromatic heterocycles. The fraction of sp³-hybridized carbons (Fsp3) is 0.333. The number of nitrogens with zero attached hydrogens (tertiary/aromatic N) is 8. The highest BCUT2D eigenvalue weighted by Gasteiger charge is 2.36. The van der Waals surface area contributed by atoms with Gasteiger partial charge in [0.05, 0.1) is 16.6 Å². The molecule has 1 fully saturated rings. The molecule has 13 heteroatoms. The maximum atomic E-state index is 13.7. The largest absolute Gasteiger partial charge is 0.417 e. The van der Waals surface area contributed by atoms with E-state index >= 15 is 0 Å². The molecule has 1 aliphatic heterocycles.